The molecule has 3 rings (SSSR count). The van der Waals surface area contributed by atoms with Crippen molar-refractivity contribution in [3.05, 3.63) is 70.8 Å². The van der Waals surface area contributed by atoms with Crippen molar-refractivity contribution in [2.24, 2.45) is 0 Å². The summed E-state index contributed by atoms with van der Waals surface area (Å²) in [6.45, 7) is 1.74. The van der Waals surface area contributed by atoms with Crippen molar-refractivity contribution < 1.29 is 19.1 Å². The van der Waals surface area contributed by atoms with Gasteiger partial charge in [0, 0.05) is 10.7 Å². The van der Waals surface area contributed by atoms with Gasteiger partial charge in [0.2, 0.25) is 0 Å². The van der Waals surface area contributed by atoms with Crippen LogP contribution in [0.4, 0.5) is 5.69 Å². The van der Waals surface area contributed by atoms with Gasteiger partial charge in [-0.3, -0.25) is 14.5 Å². The van der Waals surface area contributed by atoms with Gasteiger partial charge in [-0.25, -0.2) is 4.79 Å². The predicted molar refractivity (Wildman–Crippen MR) is 93.9 cm³/mol. The second-order valence-corrected chi connectivity index (χ2v) is 5.69. The monoisotopic (exact) mass is 355 g/mol. The summed E-state index contributed by atoms with van der Waals surface area (Å²) in [6.07, 6.45) is 0. The van der Waals surface area contributed by atoms with E-state index < -0.39 is 17.7 Å². The first-order chi connectivity index (χ1) is 12.0. The zero-order chi connectivity index (χ0) is 18.0. The SMILES string of the molecule is CCOC(=O)C1=C(c2ccccc2)N(c2ccc(Cl)cc2)C(=O)C1=O. The number of halogens is 1. The molecule has 0 saturated carbocycles. The summed E-state index contributed by atoms with van der Waals surface area (Å²) >= 11 is 5.90. The average molecular weight is 356 g/mol. The van der Waals surface area contributed by atoms with Gasteiger partial charge >= 0.3 is 11.9 Å². The Balaban J connectivity index is 2.22. The number of esters is 1. The van der Waals surface area contributed by atoms with E-state index >= 15 is 0 Å². The molecule has 0 radical (unpaired) electrons. The molecule has 0 N–H and O–H groups in total. The van der Waals surface area contributed by atoms with E-state index in [0.29, 0.717) is 16.3 Å². The fourth-order valence-corrected chi connectivity index (χ4v) is 2.75. The molecule has 2 aromatic rings. The van der Waals surface area contributed by atoms with Gasteiger partial charge in [0.25, 0.3) is 5.78 Å². The van der Waals surface area contributed by atoms with E-state index in [-0.39, 0.29) is 17.9 Å². The number of Topliss-reactive ketones (excluding diaryl/α,β-unsaturated/α-hetero) is 1. The summed E-state index contributed by atoms with van der Waals surface area (Å²) in [7, 11) is 0. The van der Waals surface area contributed by atoms with Gasteiger partial charge in [0.05, 0.1) is 12.3 Å². The number of carbonyl (C=O) groups excluding carboxylic acids is 3. The number of benzene rings is 2. The highest BCUT2D eigenvalue weighted by Gasteiger charge is 2.43. The molecule has 0 saturated heterocycles. The highest BCUT2D eigenvalue weighted by molar-refractivity contribution is 6.59. The van der Waals surface area contributed by atoms with Gasteiger partial charge in [-0.15, -0.1) is 0 Å². The van der Waals surface area contributed by atoms with Crippen LogP contribution in [-0.2, 0) is 19.1 Å². The Bertz CT molecular complexity index is 872. The molecule has 0 bridgehead atoms. The van der Waals surface area contributed by atoms with Crippen molar-refractivity contribution in [1.82, 2.24) is 0 Å². The number of nitrogens with zero attached hydrogens (tertiary/aromatic N) is 1. The third-order valence-electron chi connectivity index (χ3n) is 3.70. The maximum absolute atomic E-state index is 12.6. The van der Waals surface area contributed by atoms with Crippen molar-refractivity contribution >= 4 is 40.6 Å². The first-order valence-corrected chi connectivity index (χ1v) is 8.03. The smallest absolute Gasteiger partial charge is 0.344 e. The number of hydrogen-bond acceptors (Lipinski definition) is 4. The first-order valence-electron chi connectivity index (χ1n) is 7.65. The third-order valence-corrected chi connectivity index (χ3v) is 3.95. The van der Waals surface area contributed by atoms with Crippen LogP contribution in [0.15, 0.2) is 60.2 Å². The van der Waals surface area contributed by atoms with Crippen molar-refractivity contribution in [3.63, 3.8) is 0 Å². The molecular weight excluding hydrogens is 342 g/mol. The summed E-state index contributed by atoms with van der Waals surface area (Å²) in [5.74, 6) is -2.49. The van der Waals surface area contributed by atoms with Gasteiger partial charge in [-0.05, 0) is 36.8 Å². The van der Waals surface area contributed by atoms with Gasteiger partial charge < -0.3 is 4.74 Å². The lowest BCUT2D eigenvalue weighted by Gasteiger charge is -2.20. The Labute approximate surface area is 149 Å². The Hall–Kier alpha value is -2.92. The summed E-state index contributed by atoms with van der Waals surface area (Å²) in [4.78, 5) is 38.6. The Kier molecular flexibility index (Phi) is 4.67. The minimum absolute atomic E-state index is 0.104. The highest BCUT2D eigenvalue weighted by atomic mass is 35.5. The maximum Gasteiger partial charge on any atom is 0.344 e. The number of ketones is 1. The van der Waals surface area contributed by atoms with Gasteiger partial charge in [-0.1, -0.05) is 41.9 Å². The molecule has 0 atom stereocenters. The minimum atomic E-state index is -0.882. The van der Waals surface area contributed by atoms with Crippen LogP contribution >= 0.6 is 11.6 Å². The quantitative estimate of drug-likeness (QED) is 0.480. The second kappa shape index (κ2) is 6.91. The Morgan fingerprint density at radius 2 is 1.68 bits per heavy atom. The summed E-state index contributed by atoms with van der Waals surface area (Å²) in [5.41, 5.74) is 0.977. The van der Waals surface area contributed by atoms with Gasteiger partial charge in [-0.2, -0.15) is 0 Å². The molecule has 1 aliphatic heterocycles. The van der Waals surface area contributed by atoms with E-state index in [0.717, 1.165) is 0 Å². The molecule has 1 heterocycles. The fourth-order valence-electron chi connectivity index (χ4n) is 2.63. The van der Waals surface area contributed by atoms with Crippen molar-refractivity contribution in [2.45, 2.75) is 6.92 Å². The number of hydrogen-bond donors (Lipinski definition) is 0. The van der Waals surface area contributed by atoms with E-state index in [2.05, 4.69) is 0 Å². The van der Waals surface area contributed by atoms with Crippen LogP contribution < -0.4 is 4.90 Å². The van der Waals surface area contributed by atoms with Crippen LogP contribution in [-0.4, -0.2) is 24.3 Å². The standard InChI is InChI=1S/C19H14ClNO4/c1-2-25-19(24)15-16(12-6-4-3-5-7-12)21(18(23)17(15)22)14-10-8-13(20)9-11-14/h3-11H,2H2,1H3. The molecule has 126 valence electrons. The van der Waals surface area contributed by atoms with E-state index in [1.165, 1.54) is 4.90 Å². The van der Waals surface area contributed by atoms with Crippen molar-refractivity contribution in [2.75, 3.05) is 11.5 Å². The van der Waals surface area contributed by atoms with E-state index in [4.69, 9.17) is 16.3 Å². The lowest BCUT2D eigenvalue weighted by molar-refractivity contribution is -0.141. The minimum Gasteiger partial charge on any atom is -0.462 e. The molecular formula is C19H14ClNO4. The van der Waals surface area contributed by atoms with Crippen molar-refractivity contribution in [3.8, 4) is 0 Å². The van der Waals surface area contributed by atoms with E-state index in [1.807, 2.05) is 0 Å². The molecule has 0 aromatic heterocycles. The fraction of sp³-hybridized carbons (Fsp3) is 0.105. The lowest BCUT2D eigenvalue weighted by atomic mass is 10.1. The summed E-state index contributed by atoms with van der Waals surface area (Å²) in [5, 5.41) is 0.498. The number of amides is 1. The number of rotatable bonds is 4. The number of ether oxygens (including phenoxy) is 1. The average Bonchev–Trinajstić information content (AvgIpc) is 2.88. The van der Waals surface area contributed by atoms with E-state index in [1.54, 1.807) is 61.5 Å². The molecule has 1 aliphatic rings. The maximum atomic E-state index is 12.6. The van der Waals surface area contributed by atoms with Crippen LogP contribution in [0, 0.1) is 0 Å². The van der Waals surface area contributed by atoms with Gasteiger partial charge in [0.15, 0.2) is 0 Å². The van der Waals surface area contributed by atoms with Gasteiger partial charge in [0.1, 0.15) is 5.57 Å². The summed E-state index contributed by atoms with van der Waals surface area (Å²) < 4.78 is 4.98. The largest absolute Gasteiger partial charge is 0.462 e. The lowest BCUT2D eigenvalue weighted by Crippen LogP contribution is -2.28. The normalized spacial score (nSPS) is 14.2. The first kappa shape index (κ1) is 16.9. The third kappa shape index (κ3) is 3.06. The predicted octanol–water partition coefficient (Wildman–Crippen LogP) is 3.23. The Morgan fingerprint density at radius 1 is 1.04 bits per heavy atom. The van der Waals surface area contributed by atoms with Crippen LogP contribution in [0.5, 0.6) is 0 Å². The summed E-state index contributed by atoms with van der Waals surface area (Å²) in [6, 6.07) is 15.2. The molecule has 25 heavy (non-hydrogen) atoms. The van der Waals surface area contributed by atoms with Crippen LogP contribution in [0.25, 0.3) is 5.70 Å². The van der Waals surface area contributed by atoms with Crippen LogP contribution in [0.2, 0.25) is 5.02 Å². The molecule has 6 heteroatoms. The molecule has 5 nitrogen and oxygen atoms in total. The Morgan fingerprint density at radius 3 is 2.28 bits per heavy atom. The molecule has 2 aromatic carbocycles. The van der Waals surface area contributed by atoms with Crippen molar-refractivity contribution in [1.29, 1.82) is 0 Å². The zero-order valence-electron chi connectivity index (χ0n) is 13.4. The topological polar surface area (TPSA) is 63.7 Å². The highest BCUT2D eigenvalue weighted by Crippen LogP contribution is 2.35. The zero-order valence-corrected chi connectivity index (χ0v) is 14.1. The molecule has 0 fully saturated rings. The number of anilines is 1. The van der Waals surface area contributed by atoms with Crippen LogP contribution in [0.3, 0.4) is 0 Å². The number of carbonyl (C=O) groups is 3. The molecule has 0 spiro atoms. The molecule has 0 aliphatic carbocycles. The van der Waals surface area contributed by atoms with E-state index in [9.17, 15) is 14.4 Å². The van der Waals surface area contributed by atoms with Crippen LogP contribution in [0.1, 0.15) is 12.5 Å². The molecule has 0 unspecified atom stereocenters. The second-order valence-electron chi connectivity index (χ2n) is 5.26. The molecule has 1 amide bonds.